The number of hydrogen-bond donors (Lipinski definition) is 1. The maximum Gasteiger partial charge on any atom is 0.314 e. The first-order valence-corrected chi connectivity index (χ1v) is 10.7. The average molecular weight is 493 g/mol. The fraction of sp³-hybridized carbons (Fsp3) is 0.120. The molecule has 5 rings (SSSR count). The van der Waals surface area contributed by atoms with Crippen LogP contribution in [-0.2, 0) is 11.3 Å². The van der Waals surface area contributed by atoms with Crippen molar-refractivity contribution in [3.05, 3.63) is 78.3 Å². The summed E-state index contributed by atoms with van der Waals surface area (Å²) < 4.78 is 51.1. The molecule has 0 radical (unpaired) electrons. The molecule has 1 N–H and O–H groups in total. The molecule has 0 fully saturated rings. The van der Waals surface area contributed by atoms with Gasteiger partial charge in [0.05, 0.1) is 30.6 Å². The van der Waals surface area contributed by atoms with Gasteiger partial charge in [-0.1, -0.05) is 12.1 Å². The van der Waals surface area contributed by atoms with Gasteiger partial charge in [-0.3, -0.25) is 9.78 Å². The lowest BCUT2D eigenvalue weighted by Crippen LogP contribution is -2.22. The van der Waals surface area contributed by atoms with Crippen LogP contribution in [0.2, 0.25) is 0 Å². The Morgan fingerprint density at radius 3 is 2.69 bits per heavy atom. The number of amides is 1. The van der Waals surface area contributed by atoms with Gasteiger partial charge in [-0.15, -0.1) is 10.2 Å². The number of alkyl halides is 2. The van der Waals surface area contributed by atoms with E-state index in [1.54, 1.807) is 24.4 Å². The Morgan fingerprint density at radius 2 is 2.00 bits per heavy atom. The lowest BCUT2D eigenvalue weighted by Gasteiger charge is -2.21. The Bertz CT molecular complexity index is 1530. The molecule has 182 valence electrons. The molecule has 2 aromatic carbocycles. The number of ether oxygens (including phenoxy) is 1. The average Bonchev–Trinajstić information content (AvgIpc) is 3.58. The van der Waals surface area contributed by atoms with E-state index >= 15 is 4.39 Å². The van der Waals surface area contributed by atoms with Gasteiger partial charge in [-0.25, -0.2) is 4.39 Å². The summed E-state index contributed by atoms with van der Waals surface area (Å²) >= 11 is 0. The minimum Gasteiger partial charge on any atom is -0.495 e. The molecular weight excluding hydrogens is 475 g/mol. The lowest BCUT2D eigenvalue weighted by atomic mass is 10.00. The van der Waals surface area contributed by atoms with E-state index in [4.69, 9.17) is 9.15 Å². The fourth-order valence-corrected chi connectivity index (χ4v) is 3.90. The summed E-state index contributed by atoms with van der Waals surface area (Å²) in [5, 5.41) is 7.72. The third kappa shape index (κ3) is 4.26. The predicted octanol–water partition coefficient (Wildman–Crippen LogP) is 5.53. The highest BCUT2D eigenvalue weighted by Crippen LogP contribution is 2.38. The van der Waals surface area contributed by atoms with E-state index in [2.05, 4.69) is 20.2 Å². The van der Waals surface area contributed by atoms with Crippen molar-refractivity contribution in [3.63, 3.8) is 0 Å². The molecule has 0 spiro atoms. The molecule has 3 heterocycles. The summed E-state index contributed by atoms with van der Waals surface area (Å²) in [5.74, 6) is -1.12. The normalized spacial score (nSPS) is 11.2. The zero-order chi connectivity index (χ0) is 25.2. The molecule has 0 bridgehead atoms. The van der Waals surface area contributed by atoms with Crippen molar-refractivity contribution >= 4 is 23.0 Å². The molecule has 0 saturated heterocycles. The molecule has 0 aliphatic rings. The van der Waals surface area contributed by atoms with Gasteiger partial charge in [0.25, 0.3) is 5.89 Å². The molecule has 1 amide bonds. The number of nitrogens with one attached hydrogen (secondary N) is 1. The minimum atomic E-state index is -2.88. The molecule has 36 heavy (non-hydrogen) atoms. The number of benzene rings is 2. The molecule has 0 atom stereocenters. The van der Waals surface area contributed by atoms with E-state index in [-0.39, 0.29) is 18.1 Å². The van der Waals surface area contributed by atoms with Crippen molar-refractivity contribution in [2.45, 2.75) is 13.0 Å². The van der Waals surface area contributed by atoms with Gasteiger partial charge in [0.15, 0.2) is 0 Å². The Morgan fingerprint density at radius 1 is 1.14 bits per heavy atom. The van der Waals surface area contributed by atoms with Gasteiger partial charge < -0.3 is 19.0 Å². The Balaban J connectivity index is 1.43. The van der Waals surface area contributed by atoms with Gasteiger partial charge in [0, 0.05) is 34.9 Å². The second-order valence-electron chi connectivity index (χ2n) is 7.77. The van der Waals surface area contributed by atoms with Crippen LogP contribution in [0.5, 0.6) is 5.75 Å². The second kappa shape index (κ2) is 9.53. The smallest absolute Gasteiger partial charge is 0.314 e. The maximum atomic E-state index is 15.3. The van der Waals surface area contributed by atoms with Crippen LogP contribution in [-0.4, -0.2) is 33.7 Å². The van der Waals surface area contributed by atoms with Crippen molar-refractivity contribution < 1.29 is 27.1 Å². The third-order valence-electron chi connectivity index (χ3n) is 5.62. The van der Waals surface area contributed by atoms with Crippen molar-refractivity contribution in [1.29, 1.82) is 0 Å². The number of nitrogens with zero attached hydrogens (tertiary/aromatic N) is 4. The third-order valence-corrected chi connectivity index (χ3v) is 5.62. The molecule has 11 heteroatoms. The second-order valence-corrected chi connectivity index (χ2v) is 7.77. The number of rotatable bonds is 8. The number of carbonyl (C=O) groups is 1. The van der Waals surface area contributed by atoms with Crippen LogP contribution < -0.4 is 9.64 Å². The summed E-state index contributed by atoms with van der Waals surface area (Å²) in [5.41, 5.74) is 2.88. The summed E-state index contributed by atoms with van der Waals surface area (Å²) in [7, 11) is 1.44. The number of halogens is 3. The van der Waals surface area contributed by atoms with Crippen LogP contribution in [0.1, 0.15) is 18.0 Å². The summed E-state index contributed by atoms with van der Waals surface area (Å²) in [6, 6.07) is 13.3. The number of fused-ring (bicyclic) bond motifs is 1. The lowest BCUT2D eigenvalue weighted by molar-refractivity contribution is -0.107. The summed E-state index contributed by atoms with van der Waals surface area (Å²) in [4.78, 5) is 20.5. The largest absolute Gasteiger partial charge is 0.495 e. The van der Waals surface area contributed by atoms with E-state index in [9.17, 15) is 13.6 Å². The first kappa shape index (κ1) is 23.1. The van der Waals surface area contributed by atoms with E-state index in [1.165, 1.54) is 24.3 Å². The molecule has 8 nitrogen and oxygen atoms in total. The summed E-state index contributed by atoms with van der Waals surface area (Å²) in [6.45, 7) is -0.00155. The number of pyridine rings is 1. The van der Waals surface area contributed by atoms with Gasteiger partial charge in [-0.05, 0) is 35.9 Å². The number of H-pyrrole nitrogens is 1. The van der Waals surface area contributed by atoms with Crippen LogP contribution in [0.3, 0.4) is 0 Å². The number of hydrogen-bond acceptors (Lipinski definition) is 6. The van der Waals surface area contributed by atoms with Crippen molar-refractivity contribution in [2.24, 2.45) is 0 Å². The number of aromatic nitrogens is 4. The number of aromatic amines is 1. The molecule has 0 unspecified atom stereocenters. The molecule has 0 saturated carbocycles. The van der Waals surface area contributed by atoms with Crippen LogP contribution in [0.4, 0.5) is 18.9 Å². The Hall–Kier alpha value is -4.67. The number of methoxy groups -OCH3 is 1. The Labute approximate surface area is 202 Å². The van der Waals surface area contributed by atoms with Gasteiger partial charge in [0.2, 0.25) is 12.3 Å². The van der Waals surface area contributed by atoms with E-state index in [1.807, 2.05) is 24.3 Å². The molecular formula is C25H18F3N5O3. The first-order valence-electron chi connectivity index (χ1n) is 10.7. The molecule has 0 aliphatic carbocycles. The molecule has 3 aromatic heterocycles. The molecule has 5 aromatic rings. The molecule has 0 aliphatic heterocycles. The van der Waals surface area contributed by atoms with E-state index in [0.29, 0.717) is 34.5 Å². The fourth-order valence-electron chi connectivity index (χ4n) is 3.90. The highest BCUT2D eigenvalue weighted by atomic mass is 19.3. The van der Waals surface area contributed by atoms with Gasteiger partial charge in [0.1, 0.15) is 11.6 Å². The van der Waals surface area contributed by atoms with Crippen LogP contribution in [0.15, 0.2) is 65.3 Å². The number of carbonyl (C=O) groups excluding carboxylic acids is 1. The number of anilines is 1. The first-order chi connectivity index (χ1) is 17.5. The highest BCUT2D eigenvalue weighted by Gasteiger charge is 2.20. The monoisotopic (exact) mass is 493 g/mol. The standard InChI is InChI=1S/C25H18F3N5O3/c1-35-22-9-18(16-3-2-4-20-17(16)7-8-29-20)19(26)10-21(22)33(13-34)12-15-6-5-14(11-30-15)24-31-32-25(36-24)23(27)28/h2-11,13,23,29H,12H2,1H3. The van der Waals surface area contributed by atoms with E-state index in [0.717, 1.165) is 10.9 Å². The quantitative estimate of drug-likeness (QED) is 0.286. The highest BCUT2D eigenvalue weighted by molar-refractivity contribution is 5.96. The maximum absolute atomic E-state index is 15.3. The van der Waals surface area contributed by atoms with E-state index < -0.39 is 18.1 Å². The zero-order valence-corrected chi connectivity index (χ0v) is 18.8. The topological polar surface area (TPSA) is 97.1 Å². The predicted molar refractivity (Wildman–Crippen MR) is 125 cm³/mol. The SMILES string of the molecule is COc1cc(-c2cccc3[nH]ccc23)c(F)cc1N(C=O)Cc1ccc(-c2nnc(C(F)F)o2)cn1. The zero-order valence-electron chi connectivity index (χ0n) is 18.8. The summed E-state index contributed by atoms with van der Waals surface area (Å²) in [6.07, 6.45) is 0.809. The van der Waals surface area contributed by atoms with Gasteiger partial charge >= 0.3 is 6.43 Å². The van der Waals surface area contributed by atoms with Crippen LogP contribution in [0.25, 0.3) is 33.5 Å². The van der Waals surface area contributed by atoms with Crippen molar-refractivity contribution in [2.75, 3.05) is 12.0 Å². The Kier molecular flexibility index (Phi) is 6.11. The van der Waals surface area contributed by atoms with Crippen molar-refractivity contribution in [3.8, 4) is 28.3 Å². The van der Waals surface area contributed by atoms with Crippen molar-refractivity contribution in [1.82, 2.24) is 20.2 Å². The minimum absolute atomic E-state index is 0.00155. The van der Waals surface area contributed by atoms with Gasteiger partial charge in [-0.2, -0.15) is 8.78 Å². The van der Waals surface area contributed by atoms with Crippen LogP contribution >= 0.6 is 0 Å². The van der Waals surface area contributed by atoms with Crippen LogP contribution in [0, 0.1) is 5.82 Å².